The van der Waals surface area contributed by atoms with Gasteiger partial charge in [-0.25, -0.2) is 4.98 Å². The maximum Gasteiger partial charge on any atom is 0.255 e. The summed E-state index contributed by atoms with van der Waals surface area (Å²) in [5.74, 6) is 0.423. The van der Waals surface area contributed by atoms with Crippen LogP contribution in [-0.2, 0) is 17.8 Å². The molecule has 1 aliphatic rings. The van der Waals surface area contributed by atoms with Gasteiger partial charge in [0.2, 0.25) is 5.91 Å². The summed E-state index contributed by atoms with van der Waals surface area (Å²) in [7, 11) is 0. The maximum atomic E-state index is 12.2. The Labute approximate surface area is 129 Å². The number of hydrogen-bond acceptors (Lipinski definition) is 3. The number of hydrogen-bond donors (Lipinski definition) is 1. The topological polar surface area (TPSA) is 64.0 Å². The van der Waals surface area contributed by atoms with Gasteiger partial charge in [0.05, 0.1) is 0 Å². The van der Waals surface area contributed by atoms with Crippen LogP contribution < -0.4 is 10.9 Å². The lowest BCUT2D eigenvalue weighted by Gasteiger charge is -2.17. The molecule has 6 heteroatoms. The summed E-state index contributed by atoms with van der Waals surface area (Å²) in [5.41, 5.74) is -0.275. The van der Waals surface area contributed by atoms with E-state index in [0.29, 0.717) is 12.2 Å². The Balaban J connectivity index is 2.03. The van der Waals surface area contributed by atoms with Gasteiger partial charge in [-0.2, -0.15) is 0 Å². The van der Waals surface area contributed by atoms with Gasteiger partial charge in [-0.05, 0) is 12.8 Å². The van der Waals surface area contributed by atoms with Crippen LogP contribution in [0.15, 0.2) is 10.9 Å². The highest BCUT2D eigenvalue weighted by atomic mass is 35.5. The van der Waals surface area contributed by atoms with Crippen molar-refractivity contribution in [2.45, 2.75) is 64.5 Å². The SMILES string of the molecule is CCc1nc(Cl)cc(=O)n1CC(=O)NC1CCCCCC1. The molecule has 116 valence electrons. The minimum atomic E-state index is -0.275. The number of amides is 1. The predicted octanol–water partition coefficient (Wildman–Crippen LogP) is 2.30. The van der Waals surface area contributed by atoms with Crippen molar-refractivity contribution >= 4 is 17.5 Å². The molecule has 0 spiro atoms. The van der Waals surface area contributed by atoms with E-state index in [4.69, 9.17) is 11.6 Å². The van der Waals surface area contributed by atoms with Crippen LogP contribution in [0.4, 0.5) is 0 Å². The monoisotopic (exact) mass is 311 g/mol. The molecule has 0 radical (unpaired) electrons. The molecule has 2 rings (SSSR count). The zero-order chi connectivity index (χ0) is 15.2. The fourth-order valence-electron chi connectivity index (χ4n) is 2.80. The highest BCUT2D eigenvalue weighted by Crippen LogP contribution is 2.17. The molecule has 0 bridgehead atoms. The van der Waals surface area contributed by atoms with Crippen molar-refractivity contribution in [3.8, 4) is 0 Å². The fraction of sp³-hybridized carbons (Fsp3) is 0.667. The molecular formula is C15H22ClN3O2. The number of aryl methyl sites for hydroxylation is 1. The molecule has 1 heterocycles. The molecule has 1 amide bonds. The van der Waals surface area contributed by atoms with E-state index < -0.39 is 0 Å². The third-order valence-corrected chi connectivity index (χ3v) is 4.09. The summed E-state index contributed by atoms with van der Waals surface area (Å²) in [6.07, 6.45) is 7.42. The van der Waals surface area contributed by atoms with E-state index in [1.54, 1.807) is 0 Å². The van der Waals surface area contributed by atoms with Crippen LogP contribution in [0.5, 0.6) is 0 Å². The average Bonchev–Trinajstić information content (AvgIpc) is 2.70. The number of halogens is 1. The number of carbonyl (C=O) groups is 1. The molecule has 0 atom stereocenters. The summed E-state index contributed by atoms with van der Waals surface area (Å²) in [6.45, 7) is 1.90. The Bertz CT molecular complexity index is 548. The lowest BCUT2D eigenvalue weighted by atomic mass is 10.1. The number of nitrogens with one attached hydrogen (secondary N) is 1. The number of carbonyl (C=O) groups excluding carboxylic acids is 1. The second-order valence-corrected chi connectivity index (χ2v) is 5.92. The largest absolute Gasteiger partial charge is 0.352 e. The summed E-state index contributed by atoms with van der Waals surface area (Å²) in [4.78, 5) is 28.2. The van der Waals surface area contributed by atoms with E-state index in [2.05, 4.69) is 10.3 Å². The second-order valence-electron chi connectivity index (χ2n) is 5.53. The Morgan fingerprint density at radius 1 is 1.38 bits per heavy atom. The summed E-state index contributed by atoms with van der Waals surface area (Å²) in [5, 5.41) is 3.22. The van der Waals surface area contributed by atoms with Gasteiger partial charge in [0.1, 0.15) is 17.5 Å². The van der Waals surface area contributed by atoms with Crippen LogP contribution in [0.25, 0.3) is 0 Å². The van der Waals surface area contributed by atoms with Crippen molar-refractivity contribution < 1.29 is 4.79 Å². The maximum absolute atomic E-state index is 12.2. The molecular weight excluding hydrogens is 290 g/mol. The van der Waals surface area contributed by atoms with Crippen molar-refractivity contribution in [3.63, 3.8) is 0 Å². The smallest absolute Gasteiger partial charge is 0.255 e. The van der Waals surface area contributed by atoms with Gasteiger partial charge < -0.3 is 5.32 Å². The Hall–Kier alpha value is -1.36. The molecule has 1 aliphatic carbocycles. The Kier molecular flexibility index (Phi) is 5.79. The summed E-state index contributed by atoms with van der Waals surface area (Å²) >= 11 is 5.79. The molecule has 5 nitrogen and oxygen atoms in total. The first-order valence-corrected chi connectivity index (χ1v) is 8.03. The van der Waals surface area contributed by atoms with Gasteiger partial charge in [0.25, 0.3) is 5.56 Å². The van der Waals surface area contributed by atoms with Gasteiger partial charge in [0, 0.05) is 18.5 Å². The van der Waals surface area contributed by atoms with Crippen LogP contribution in [-0.4, -0.2) is 21.5 Å². The van der Waals surface area contributed by atoms with Gasteiger partial charge in [-0.15, -0.1) is 0 Å². The van der Waals surface area contributed by atoms with Gasteiger partial charge in [-0.3, -0.25) is 14.2 Å². The predicted molar refractivity (Wildman–Crippen MR) is 82.5 cm³/mol. The van der Waals surface area contributed by atoms with Crippen LogP contribution >= 0.6 is 11.6 Å². The lowest BCUT2D eigenvalue weighted by Crippen LogP contribution is -2.39. The molecule has 1 saturated carbocycles. The summed E-state index contributed by atoms with van der Waals surface area (Å²) in [6, 6.07) is 1.49. The number of rotatable bonds is 4. The number of aromatic nitrogens is 2. The second kappa shape index (κ2) is 7.59. The molecule has 0 aliphatic heterocycles. The van der Waals surface area contributed by atoms with Gasteiger partial charge >= 0.3 is 0 Å². The third-order valence-electron chi connectivity index (χ3n) is 3.89. The molecule has 1 N–H and O–H groups in total. The lowest BCUT2D eigenvalue weighted by molar-refractivity contribution is -0.122. The zero-order valence-corrected chi connectivity index (χ0v) is 13.2. The average molecular weight is 312 g/mol. The quantitative estimate of drug-likeness (QED) is 0.685. The first-order valence-electron chi connectivity index (χ1n) is 7.65. The van der Waals surface area contributed by atoms with E-state index in [9.17, 15) is 9.59 Å². The van der Waals surface area contributed by atoms with E-state index in [1.807, 2.05) is 6.92 Å². The molecule has 0 aromatic carbocycles. The number of nitrogens with zero attached hydrogens (tertiary/aromatic N) is 2. The van der Waals surface area contributed by atoms with Crippen LogP contribution in [0.2, 0.25) is 5.15 Å². The minimum absolute atomic E-state index is 0.0165. The van der Waals surface area contributed by atoms with Crippen molar-refractivity contribution in [3.05, 3.63) is 27.4 Å². The normalized spacial score (nSPS) is 16.5. The third kappa shape index (κ3) is 4.56. The van der Waals surface area contributed by atoms with Crippen molar-refractivity contribution in [2.75, 3.05) is 0 Å². The van der Waals surface area contributed by atoms with E-state index in [1.165, 1.54) is 23.5 Å². The first kappa shape index (κ1) is 16.0. The van der Waals surface area contributed by atoms with Crippen molar-refractivity contribution in [1.82, 2.24) is 14.9 Å². The van der Waals surface area contributed by atoms with Crippen LogP contribution in [0.3, 0.4) is 0 Å². The first-order chi connectivity index (χ1) is 10.1. The van der Waals surface area contributed by atoms with Crippen LogP contribution in [0, 0.1) is 0 Å². The van der Waals surface area contributed by atoms with E-state index in [0.717, 1.165) is 25.7 Å². The van der Waals surface area contributed by atoms with Crippen LogP contribution in [0.1, 0.15) is 51.3 Å². The fourth-order valence-corrected chi connectivity index (χ4v) is 2.99. The van der Waals surface area contributed by atoms with Crippen molar-refractivity contribution in [2.24, 2.45) is 0 Å². The standard InChI is InChI=1S/C15H22ClN3O2/c1-2-13-18-12(16)9-15(21)19(13)10-14(20)17-11-7-5-3-4-6-8-11/h9,11H,2-8,10H2,1H3,(H,17,20). The highest BCUT2D eigenvalue weighted by Gasteiger charge is 2.16. The molecule has 0 unspecified atom stereocenters. The molecule has 21 heavy (non-hydrogen) atoms. The Morgan fingerprint density at radius 3 is 2.67 bits per heavy atom. The Morgan fingerprint density at radius 2 is 2.05 bits per heavy atom. The summed E-state index contributed by atoms with van der Waals surface area (Å²) < 4.78 is 1.40. The minimum Gasteiger partial charge on any atom is -0.352 e. The van der Waals surface area contributed by atoms with E-state index >= 15 is 0 Å². The molecule has 0 saturated heterocycles. The molecule has 1 aromatic rings. The van der Waals surface area contributed by atoms with Gasteiger partial charge in [-0.1, -0.05) is 44.2 Å². The zero-order valence-electron chi connectivity index (χ0n) is 12.4. The molecule has 1 fully saturated rings. The van der Waals surface area contributed by atoms with Crippen molar-refractivity contribution in [1.29, 1.82) is 0 Å². The molecule has 1 aromatic heterocycles. The highest BCUT2D eigenvalue weighted by molar-refractivity contribution is 6.29. The van der Waals surface area contributed by atoms with E-state index in [-0.39, 0.29) is 29.2 Å². The van der Waals surface area contributed by atoms with Gasteiger partial charge in [0.15, 0.2) is 0 Å².